The second-order valence-electron chi connectivity index (χ2n) is 6.20. The first-order valence-electron chi connectivity index (χ1n) is 8.25. The lowest BCUT2D eigenvalue weighted by Gasteiger charge is -2.12. The molecule has 1 aliphatic heterocycles. The third-order valence-corrected chi connectivity index (χ3v) is 5.18. The highest BCUT2D eigenvalue weighted by atomic mass is 35.5. The summed E-state index contributed by atoms with van der Waals surface area (Å²) in [4.78, 5) is 34.8. The quantitative estimate of drug-likeness (QED) is 0.814. The van der Waals surface area contributed by atoms with Gasteiger partial charge in [-0.15, -0.1) is 0 Å². The van der Waals surface area contributed by atoms with Gasteiger partial charge in [0.25, 0.3) is 11.8 Å². The number of carbonyl (C=O) groups excluding carboxylic acids is 2. The fraction of sp³-hybridized carbons (Fsp3) is 0.412. The highest BCUT2D eigenvalue weighted by molar-refractivity contribution is 7.17. The molecule has 1 fully saturated rings. The van der Waals surface area contributed by atoms with E-state index in [1.165, 1.54) is 17.2 Å². The second-order valence-corrected chi connectivity index (χ2v) is 7.61. The zero-order valence-corrected chi connectivity index (χ0v) is 16.7. The average molecular weight is 411 g/mol. The van der Waals surface area contributed by atoms with Gasteiger partial charge in [0.1, 0.15) is 16.0 Å². The number of amides is 2. The molecule has 3 rings (SSSR count). The lowest BCUT2D eigenvalue weighted by molar-refractivity contribution is 0.0831. The highest BCUT2D eigenvalue weighted by Crippen LogP contribution is 2.27. The molecule has 27 heavy (non-hydrogen) atoms. The van der Waals surface area contributed by atoms with Crippen LogP contribution in [0, 0.1) is 6.92 Å². The standard InChI is InChI=1S/C17H19ClN4O4S/c1-9-13(16(24)22(2)3)27-17(20-9)21-14(23)10-6-12(18)15(19-7-10)26-11-4-5-25-8-11/h6-7,11H,4-5,8H2,1-3H3,(H,20,21,23). The molecule has 1 N–H and O–H groups in total. The van der Waals surface area contributed by atoms with Crippen LogP contribution in [0.1, 0.15) is 32.1 Å². The molecule has 0 saturated carbocycles. The molecule has 2 aromatic rings. The maximum absolute atomic E-state index is 12.4. The lowest BCUT2D eigenvalue weighted by Crippen LogP contribution is -2.21. The van der Waals surface area contributed by atoms with Gasteiger partial charge < -0.3 is 14.4 Å². The van der Waals surface area contributed by atoms with Crippen molar-refractivity contribution in [3.05, 3.63) is 33.4 Å². The summed E-state index contributed by atoms with van der Waals surface area (Å²) in [5.74, 6) is -0.307. The normalized spacial score (nSPS) is 16.2. The van der Waals surface area contributed by atoms with Crippen LogP contribution in [-0.4, -0.2) is 60.1 Å². The smallest absolute Gasteiger partial charge is 0.265 e. The van der Waals surface area contributed by atoms with Gasteiger partial charge in [0.05, 0.1) is 24.5 Å². The van der Waals surface area contributed by atoms with E-state index in [2.05, 4.69) is 15.3 Å². The zero-order chi connectivity index (χ0) is 19.6. The van der Waals surface area contributed by atoms with E-state index >= 15 is 0 Å². The van der Waals surface area contributed by atoms with Crippen LogP contribution in [0.2, 0.25) is 5.02 Å². The molecule has 1 aliphatic rings. The molecule has 0 aromatic carbocycles. The van der Waals surface area contributed by atoms with Gasteiger partial charge in [-0.25, -0.2) is 9.97 Å². The molecule has 3 heterocycles. The van der Waals surface area contributed by atoms with Crippen LogP contribution < -0.4 is 10.1 Å². The second kappa shape index (κ2) is 8.20. The predicted molar refractivity (Wildman–Crippen MR) is 102 cm³/mol. The van der Waals surface area contributed by atoms with Gasteiger partial charge >= 0.3 is 0 Å². The van der Waals surface area contributed by atoms with Gasteiger partial charge in [-0.3, -0.25) is 14.9 Å². The van der Waals surface area contributed by atoms with Crippen LogP contribution in [0.15, 0.2) is 12.3 Å². The number of halogens is 1. The van der Waals surface area contributed by atoms with Gasteiger partial charge in [-0.05, 0) is 13.0 Å². The Morgan fingerprint density at radius 3 is 2.85 bits per heavy atom. The van der Waals surface area contributed by atoms with Crippen molar-refractivity contribution in [3.8, 4) is 5.88 Å². The number of aryl methyl sites for hydroxylation is 1. The molecule has 1 unspecified atom stereocenters. The number of hydrogen-bond donors (Lipinski definition) is 1. The maximum Gasteiger partial charge on any atom is 0.265 e. The Balaban J connectivity index is 1.70. The van der Waals surface area contributed by atoms with Crippen molar-refractivity contribution in [1.29, 1.82) is 0 Å². The molecule has 1 atom stereocenters. The molecule has 0 aliphatic carbocycles. The molecule has 2 amide bonds. The number of anilines is 1. The molecule has 10 heteroatoms. The van der Waals surface area contributed by atoms with Crippen molar-refractivity contribution in [2.75, 3.05) is 32.6 Å². The lowest BCUT2D eigenvalue weighted by atomic mass is 10.2. The summed E-state index contributed by atoms with van der Waals surface area (Å²) in [5.41, 5.74) is 0.830. The van der Waals surface area contributed by atoms with Gasteiger partial charge in [-0.1, -0.05) is 22.9 Å². The van der Waals surface area contributed by atoms with E-state index in [1.807, 2.05) is 0 Å². The number of nitrogens with zero attached hydrogens (tertiary/aromatic N) is 3. The largest absolute Gasteiger partial charge is 0.471 e. The van der Waals surface area contributed by atoms with E-state index in [1.54, 1.807) is 21.0 Å². The monoisotopic (exact) mass is 410 g/mol. The number of rotatable bonds is 5. The van der Waals surface area contributed by atoms with E-state index in [-0.39, 0.29) is 28.5 Å². The Kier molecular flexibility index (Phi) is 5.93. The SMILES string of the molecule is Cc1nc(NC(=O)c2cnc(OC3CCOC3)c(Cl)c2)sc1C(=O)N(C)C. The number of aromatic nitrogens is 2. The highest BCUT2D eigenvalue weighted by Gasteiger charge is 2.21. The van der Waals surface area contributed by atoms with E-state index in [4.69, 9.17) is 21.1 Å². The van der Waals surface area contributed by atoms with Crippen LogP contribution in [-0.2, 0) is 4.74 Å². The number of pyridine rings is 1. The first kappa shape index (κ1) is 19.5. The summed E-state index contributed by atoms with van der Waals surface area (Å²) in [6.45, 7) is 2.87. The van der Waals surface area contributed by atoms with Crippen molar-refractivity contribution in [3.63, 3.8) is 0 Å². The van der Waals surface area contributed by atoms with E-state index < -0.39 is 5.91 Å². The Morgan fingerprint density at radius 2 is 2.22 bits per heavy atom. The molecule has 144 valence electrons. The summed E-state index contributed by atoms with van der Waals surface area (Å²) >= 11 is 7.31. The number of hydrogen-bond acceptors (Lipinski definition) is 7. The Hall–Kier alpha value is -2.23. The predicted octanol–water partition coefficient (Wildman–Crippen LogP) is 2.62. The molecule has 1 saturated heterocycles. The van der Waals surface area contributed by atoms with E-state index in [0.29, 0.717) is 28.9 Å². The Bertz CT molecular complexity index is 865. The number of ether oxygens (including phenoxy) is 2. The third-order valence-electron chi connectivity index (χ3n) is 3.85. The summed E-state index contributed by atoms with van der Waals surface area (Å²) in [7, 11) is 3.32. The summed E-state index contributed by atoms with van der Waals surface area (Å²) < 4.78 is 10.9. The molecule has 0 spiro atoms. The number of carbonyl (C=O) groups is 2. The van der Waals surface area contributed by atoms with Gasteiger partial charge in [0.15, 0.2) is 5.13 Å². The minimum Gasteiger partial charge on any atom is -0.471 e. The van der Waals surface area contributed by atoms with Crippen molar-refractivity contribution in [1.82, 2.24) is 14.9 Å². The molecule has 0 bridgehead atoms. The Morgan fingerprint density at radius 1 is 1.44 bits per heavy atom. The molecule has 2 aromatic heterocycles. The van der Waals surface area contributed by atoms with Crippen molar-refractivity contribution >= 4 is 39.9 Å². The van der Waals surface area contributed by atoms with E-state index in [0.717, 1.165) is 17.8 Å². The van der Waals surface area contributed by atoms with Gasteiger partial charge in [0.2, 0.25) is 5.88 Å². The summed E-state index contributed by atoms with van der Waals surface area (Å²) in [6.07, 6.45) is 2.08. The first-order valence-corrected chi connectivity index (χ1v) is 9.45. The van der Waals surface area contributed by atoms with Crippen molar-refractivity contribution < 1.29 is 19.1 Å². The van der Waals surface area contributed by atoms with Crippen molar-refractivity contribution in [2.45, 2.75) is 19.4 Å². The van der Waals surface area contributed by atoms with Gasteiger partial charge in [0, 0.05) is 26.7 Å². The zero-order valence-electron chi connectivity index (χ0n) is 15.1. The topological polar surface area (TPSA) is 93.6 Å². The molecule has 0 radical (unpaired) electrons. The molecule has 8 nitrogen and oxygen atoms in total. The minimum absolute atomic E-state index is 0.0828. The van der Waals surface area contributed by atoms with Crippen LogP contribution in [0.25, 0.3) is 0 Å². The van der Waals surface area contributed by atoms with Crippen LogP contribution >= 0.6 is 22.9 Å². The summed E-state index contributed by atoms with van der Waals surface area (Å²) in [6, 6.07) is 1.49. The van der Waals surface area contributed by atoms with Crippen LogP contribution in [0.4, 0.5) is 5.13 Å². The van der Waals surface area contributed by atoms with Crippen LogP contribution in [0.5, 0.6) is 5.88 Å². The average Bonchev–Trinajstić information content (AvgIpc) is 3.25. The van der Waals surface area contributed by atoms with Crippen molar-refractivity contribution in [2.24, 2.45) is 0 Å². The first-order chi connectivity index (χ1) is 12.8. The van der Waals surface area contributed by atoms with Crippen LogP contribution in [0.3, 0.4) is 0 Å². The Labute approximate surface area is 165 Å². The number of thiazole rings is 1. The van der Waals surface area contributed by atoms with Gasteiger partial charge in [-0.2, -0.15) is 0 Å². The van der Waals surface area contributed by atoms with E-state index in [9.17, 15) is 9.59 Å². The fourth-order valence-electron chi connectivity index (χ4n) is 2.42. The minimum atomic E-state index is -0.419. The summed E-state index contributed by atoms with van der Waals surface area (Å²) in [5, 5.41) is 3.25. The number of nitrogens with one attached hydrogen (secondary N) is 1. The molecular formula is C17H19ClN4O4S. The maximum atomic E-state index is 12.4. The third kappa shape index (κ3) is 4.55. The molecular weight excluding hydrogens is 392 g/mol. The fourth-order valence-corrected chi connectivity index (χ4v) is 3.61.